The van der Waals surface area contributed by atoms with Gasteiger partial charge < -0.3 is 9.31 Å². The Balaban J connectivity index is 1.82. The Labute approximate surface area is 179 Å². The van der Waals surface area contributed by atoms with Gasteiger partial charge >= 0.3 is 19.5 Å². The van der Waals surface area contributed by atoms with E-state index in [4.69, 9.17) is 4.65 Å². The van der Waals surface area contributed by atoms with Crippen LogP contribution in [0.25, 0.3) is 5.57 Å². The second-order valence-corrected chi connectivity index (χ2v) is 7.07. The molecule has 1 saturated heterocycles. The smallest absolute Gasteiger partial charge is 0.529 e. The Morgan fingerprint density at radius 3 is 1.94 bits per heavy atom. The number of alkyl halides is 8. The lowest BCUT2D eigenvalue weighted by Gasteiger charge is -2.30. The van der Waals surface area contributed by atoms with Gasteiger partial charge in [-0.05, 0) is 11.6 Å². The first-order chi connectivity index (χ1) is 15.3. The van der Waals surface area contributed by atoms with Gasteiger partial charge in [-0.1, -0.05) is 42.5 Å². The van der Waals surface area contributed by atoms with E-state index in [2.05, 4.69) is 4.65 Å². The summed E-state index contributed by atoms with van der Waals surface area (Å²) in [6, 6.07) is 6.28. The molecule has 0 aromatic heterocycles. The van der Waals surface area contributed by atoms with Crippen LogP contribution in [-0.2, 0) is 21.7 Å². The minimum absolute atomic E-state index is 0.443. The maximum Gasteiger partial charge on any atom is 0.566 e. The van der Waals surface area contributed by atoms with Crippen molar-refractivity contribution in [3.63, 3.8) is 0 Å². The zero-order valence-electron chi connectivity index (χ0n) is 15.9. The Hall–Kier alpha value is -2.96. The van der Waals surface area contributed by atoms with Crippen LogP contribution in [0.15, 0.2) is 65.9 Å². The van der Waals surface area contributed by atoms with Gasteiger partial charge in [0.25, 0.3) is 5.85 Å². The molecule has 33 heavy (non-hydrogen) atoms. The van der Waals surface area contributed by atoms with Gasteiger partial charge in [0.1, 0.15) is 0 Å². The van der Waals surface area contributed by atoms with Gasteiger partial charge in [0, 0.05) is 11.0 Å². The molecule has 0 amide bonds. The predicted octanol–water partition coefficient (Wildman–Crippen LogP) is 6.05. The fraction of sp³-hybridized carbons (Fsp3) is 0.200. The largest absolute Gasteiger partial charge is 0.566 e. The molecule has 13 heteroatoms. The highest BCUT2D eigenvalue weighted by atomic mass is 19.4. The molecule has 1 aliphatic carbocycles. The standard InChI is InChI=1S/C20H9BF10O2/c22-14-13(9-5-1-2-6-10(9)19(26,27)28)16(24)18(25)17(15(14)23)32-21(33-18)12-8-4-3-7-11(12)20(29,30)31/h1-8,16H. The first-order valence-corrected chi connectivity index (χ1v) is 9.07. The van der Waals surface area contributed by atoms with E-state index in [0.29, 0.717) is 18.2 Å². The van der Waals surface area contributed by atoms with Crippen molar-refractivity contribution in [2.75, 3.05) is 0 Å². The van der Waals surface area contributed by atoms with Crippen LogP contribution in [0.2, 0.25) is 0 Å². The van der Waals surface area contributed by atoms with Crippen LogP contribution in [0.3, 0.4) is 0 Å². The first kappa shape index (κ1) is 23.2. The molecule has 0 N–H and O–H groups in total. The van der Waals surface area contributed by atoms with E-state index in [0.717, 1.165) is 30.3 Å². The van der Waals surface area contributed by atoms with Gasteiger partial charge in [0.15, 0.2) is 17.8 Å². The van der Waals surface area contributed by atoms with E-state index >= 15 is 8.78 Å². The van der Waals surface area contributed by atoms with Crippen LogP contribution < -0.4 is 5.46 Å². The molecule has 0 saturated carbocycles. The molecule has 2 aromatic rings. The number of rotatable bonds is 2. The van der Waals surface area contributed by atoms with E-state index in [-0.39, 0.29) is 0 Å². The van der Waals surface area contributed by atoms with Crippen LogP contribution in [0.5, 0.6) is 0 Å². The van der Waals surface area contributed by atoms with Crippen LogP contribution in [0.1, 0.15) is 16.7 Å². The third-order valence-electron chi connectivity index (χ3n) is 5.06. The quantitative estimate of drug-likeness (QED) is 0.384. The van der Waals surface area contributed by atoms with Gasteiger partial charge in [-0.2, -0.15) is 30.7 Å². The number of hydrogen-bond acceptors (Lipinski definition) is 2. The summed E-state index contributed by atoms with van der Waals surface area (Å²) in [4.78, 5) is 0. The Kier molecular flexibility index (Phi) is 5.30. The number of fused-ring (bicyclic) bond motifs is 1. The lowest BCUT2D eigenvalue weighted by molar-refractivity contribution is -0.138. The van der Waals surface area contributed by atoms with Crippen molar-refractivity contribution < 1.29 is 53.2 Å². The predicted molar refractivity (Wildman–Crippen MR) is 95.3 cm³/mol. The van der Waals surface area contributed by atoms with Crippen LogP contribution in [0.4, 0.5) is 43.9 Å². The third kappa shape index (κ3) is 3.67. The Bertz CT molecular complexity index is 1170. The number of halogens is 10. The molecule has 2 unspecified atom stereocenters. The molecule has 174 valence electrons. The topological polar surface area (TPSA) is 18.5 Å². The number of allylic oxidation sites excluding steroid dienone is 2. The average molecular weight is 482 g/mol. The van der Waals surface area contributed by atoms with Gasteiger partial charge in [-0.25, -0.2) is 13.2 Å². The number of hydrogen-bond donors (Lipinski definition) is 0. The van der Waals surface area contributed by atoms with Crippen molar-refractivity contribution in [1.82, 2.24) is 0 Å². The van der Waals surface area contributed by atoms with Crippen LogP contribution >= 0.6 is 0 Å². The monoisotopic (exact) mass is 482 g/mol. The van der Waals surface area contributed by atoms with Gasteiger partial charge in [-0.3, -0.25) is 0 Å². The molecule has 0 spiro atoms. The van der Waals surface area contributed by atoms with E-state index in [9.17, 15) is 35.1 Å². The summed E-state index contributed by atoms with van der Waals surface area (Å²) in [6.45, 7) is 0. The average Bonchev–Trinajstić information content (AvgIpc) is 3.11. The minimum atomic E-state index is -5.14. The lowest BCUT2D eigenvalue weighted by Crippen LogP contribution is -2.44. The van der Waals surface area contributed by atoms with Crippen molar-refractivity contribution in [1.29, 1.82) is 0 Å². The second kappa shape index (κ2) is 7.54. The summed E-state index contributed by atoms with van der Waals surface area (Å²) in [5.41, 5.74) is -6.70. The van der Waals surface area contributed by atoms with E-state index in [1.165, 1.54) is 0 Å². The zero-order valence-corrected chi connectivity index (χ0v) is 15.9. The fourth-order valence-electron chi connectivity index (χ4n) is 3.62. The first-order valence-electron chi connectivity index (χ1n) is 9.07. The molecule has 0 radical (unpaired) electrons. The van der Waals surface area contributed by atoms with Crippen LogP contribution in [0, 0.1) is 0 Å². The summed E-state index contributed by atoms with van der Waals surface area (Å²) in [5.74, 6) is -10.2. The maximum absolute atomic E-state index is 15.5. The van der Waals surface area contributed by atoms with Crippen molar-refractivity contribution in [3.05, 3.63) is 82.6 Å². The zero-order chi connectivity index (χ0) is 24.3. The molecular formula is C20H9BF10O2. The maximum atomic E-state index is 15.5. The van der Waals surface area contributed by atoms with Gasteiger partial charge in [-0.15, -0.1) is 0 Å². The molecule has 2 nitrogen and oxygen atoms in total. The molecule has 1 fully saturated rings. The van der Waals surface area contributed by atoms with Gasteiger partial charge in [0.2, 0.25) is 5.83 Å². The highest BCUT2D eigenvalue weighted by molar-refractivity contribution is 6.63. The van der Waals surface area contributed by atoms with Crippen LogP contribution in [-0.4, -0.2) is 19.1 Å². The van der Waals surface area contributed by atoms with E-state index in [1.54, 1.807) is 0 Å². The molecule has 0 bridgehead atoms. The normalized spacial score (nSPS) is 23.7. The molecule has 1 aliphatic heterocycles. The summed E-state index contributed by atoms with van der Waals surface area (Å²) >= 11 is 0. The highest BCUT2D eigenvalue weighted by Crippen LogP contribution is 2.52. The molecule has 1 heterocycles. The van der Waals surface area contributed by atoms with Crippen molar-refractivity contribution in [2.45, 2.75) is 24.4 Å². The lowest BCUT2D eigenvalue weighted by atomic mass is 9.76. The Morgan fingerprint density at radius 1 is 0.788 bits per heavy atom. The summed E-state index contributed by atoms with van der Waals surface area (Å²) in [6.07, 6.45) is -13.5. The van der Waals surface area contributed by atoms with E-state index in [1.807, 2.05) is 0 Å². The number of benzene rings is 2. The SMILES string of the molecule is FC1=C(c2ccccc2C(F)(F)F)C(F)C2(F)OB(c3ccccc3C(F)(F)F)OC2=C1F. The molecule has 2 aliphatic rings. The minimum Gasteiger partial charge on any atom is -0.529 e. The van der Waals surface area contributed by atoms with Crippen molar-refractivity contribution in [2.24, 2.45) is 0 Å². The molecular weight excluding hydrogens is 473 g/mol. The highest BCUT2D eigenvalue weighted by Gasteiger charge is 2.63. The summed E-state index contributed by atoms with van der Waals surface area (Å²) in [5, 5.41) is 0. The Morgan fingerprint density at radius 2 is 1.33 bits per heavy atom. The van der Waals surface area contributed by atoms with Crippen molar-refractivity contribution in [3.8, 4) is 0 Å². The summed E-state index contributed by atoms with van der Waals surface area (Å²) in [7, 11) is -2.36. The fourth-order valence-corrected chi connectivity index (χ4v) is 3.62. The molecule has 2 aromatic carbocycles. The van der Waals surface area contributed by atoms with Gasteiger partial charge in [0.05, 0.1) is 11.1 Å². The third-order valence-corrected chi connectivity index (χ3v) is 5.06. The van der Waals surface area contributed by atoms with Crippen molar-refractivity contribution >= 4 is 18.2 Å². The van der Waals surface area contributed by atoms with E-state index < -0.39 is 76.6 Å². The second-order valence-electron chi connectivity index (χ2n) is 7.07. The summed E-state index contributed by atoms with van der Waals surface area (Å²) < 4.78 is 149. The molecule has 4 rings (SSSR count). The molecule has 2 atom stereocenters.